The van der Waals surface area contributed by atoms with Gasteiger partial charge >= 0.3 is 0 Å². The fourth-order valence-electron chi connectivity index (χ4n) is 2.98. The fourth-order valence-corrected chi connectivity index (χ4v) is 2.98. The SMILES string of the molecule is Cc1cc2c(cc1O)c(=O)n(C1CC1)c1cc(O)ccc21. The molecule has 1 aromatic heterocycles. The Balaban J connectivity index is 2.28. The van der Waals surface area contributed by atoms with Gasteiger partial charge in [-0.25, -0.2) is 0 Å². The Hall–Kier alpha value is -2.49. The maximum Gasteiger partial charge on any atom is 0.259 e. The number of phenols is 2. The van der Waals surface area contributed by atoms with Crippen LogP contribution in [0.1, 0.15) is 24.4 Å². The maximum absolute atomic E-state index is 12.8. The van der Waals surface area contributed by atoms with Crippen LogP contribution in [0.5, 0.6) is 11.5 Å². The van der Waals surface area contributed by atoms with Crippen molar-refractivity contribution in [2.75, 3.05) is 0 Å². The largest absolute Gasteiger partial charge is 0.508 e. The molecule has 0 bridgehead atoms. The van der Waals surface area contributed by atoms with E-state index in [9.17, 15) is 15.0 Å². The first kappa shape index (κ1) is 12.3. The van der Waals surface area contributed by atoms with Crippen LogP contribution in [0.25, 0.3) is 21.7 Å². The van der Waals surface area contributed by atoms with Gasteiger partial charge in [0.2, 0.25) is 0 Å². The third kappa shape index (κ3) is 1.72. The minimum absolute atomic E-state index is 0.0964. The highest BCUT2D eigenvalue weighted by atomic mass is 16.3. The van der Waals surface area contributed by atoms with E-state index in [0.29, 0.717) is 5.39 Å². The van der Waals surface area contributed by atoms with Crippen LogP contribution in [-0.2, 0) is 0 Å². The minimum atomic E-state index is -0.0964. The molecular formula is C17H15NO3. The van der Waals surface area contributed by atoms with Gasteiger partial charge < -0.3 is 14.8 Å². The van der Waals surface area contributed by atoms with Crippen molar-refractivity contribution >= 4 is 21.7 Å². The van der Waals surface area contributed by atoms with Crippen LogP contribution < -0.4 is 5.56 Å². The summed E-state index contributed by atoms with van der Waals surface area (Å²) in [6.07, 6.45) is 1.96. The summed E-state index contributed by atoms with van der Waals surface area (Å²) in [5.74, 6) is 0.297. The lowest BCUT2D eigenvalue weighted by atomic mass is 10.0. The van der Waals surface area contributed by atoms with Crippen molar-refractivity contribution in [2.45, 2.75) is 25.8 Å². The van der Waals surface area contributed by atoms with Gasteiger partial charge in [-0.15, -0.1) is 0 Å². The number of pyridine rings is 1. The van der Waals surface area contributed by atoms with Crippen molar-refractivity contribution in [2.24, 2.45) is 0 Å². The van der Waals surface area contributed by atoms with Gasteiger partial charge in [-0.1, -0.05) is 0 Å². The molecule has 1 fully saturated rings. The Bertz CT molecular complexity index is 952. The van der Waals surface area contributed by atoms with Crippen molar-refractivity contribution in [3.63, 3.8) is 0 Å². The van der Waals surface area contributed by atoms with Gasteiger partial charge in [0.15, 0.2) is 0 Å². The molecule has 1 heterocycles. The number of phenolic OH excluding ortho intramolecular Hbond substituents is 2. The zero-order valence-electron chi connectivity index (χ0n) is 11.6. The second kappa shape index (κ2) is 4.01. The summed E-state index contributed by atoms with van der Waals surface area (Å²) in [5.41, 5.74) is 1.40. The van der Waals surface area contributed by atoms with Crippen molar-refractivity contribution in [3.05, 3.63) is 46.2 Å². The molecule has 21 heavy (non-hydrogen) atoms. The van der Waals surface area contributed by atoms with E-state index in [1.807, 2.05) is 19.1 Å². The third-order valence-electron chi connectivity index (χ3n) is 4.23. The molecule has 106 valence electrons. The molecule has 3 aromatic rings. The van der Waals surface area contributed by atoms with Gasteiger partial charge in [-0.2, -0.15) is 0 Å². The molecule has 0 aliphatic heterocycles. The van der Waals surface area contributed by atoms with Gasteiger partial charge in [0.05, 0.1) is 10.9 Å². The molecule has 1 saturated carbocycles. The third-order valence-corrected chi connectivity index (χ3v) is 4.23. The number of aryl methyl sites for hydroxylation is 1. The maximum atomic E-state index is 12.8. The predicted molar refractivity (Wildman–Crippen MR) is 82.1 cm³/mol. The molecule has 1 aliphatic rings. The van der Waals surface area contributed by atoms with Gasteiger partial charge in [0, 0.05) is 17.5 Å². The van der Waals surface area contributed by atoms with E-state index >= 15 is 0 Å². The Kier molecular flexibility index (Phi) is 2.34. The number of aromatic nitrogens is 1. The van der Waals surface area contributed by atoms with Gasteiger partial charge in [0.1, 0.15) is 11.5 Å². The Morgan fingerprint density at radius 2 is 1.81 bits per heavy atom. The molecule has 4 heteroatoms. The number of hydrogen-bond donors (Lipinski definition) is 2. The monoisotopic (exact) mass is 281 g/mol. The normalized spacial score (nSPS) is 14.9. The molecule has 4 nitrogen and oxygen atoms in total. The van der Waals surface area contributed by atoms with Crippen LogP contribution in [0.3, 0.4) is 0 Å². The molecule has 0 unspecified atom stereocenters. The van der Waals surface area contributed by atoms with Gasteiger partial charge in [-0.3, -0.25) is 4.79 Å². The van der Waals surface area contributed by atoms with Crippen molar-refractivity contribution in [1.82, 2.24) is 4.57 Å². The van der Waals surface area contributed by atoms with E-state index < -0.39 is 0 Å². The standard InChI is InChI=1S/C17H15NO3/c1-9-6-13-12-5-4-11(19)7-15(12)18(10-2-3-10)17(21)14(13)8-16(9)20/h4-8,10,19-20H,2-3H2,1H3. The van der Waals surface area contributed by atoms with E-state index in [4.69, 9.17) is 0 Å². The van der Waals surface area contributed by atoms with Crippen LogP contribution in [0.4, 0.5) is 0 Å². The molecule has 0 atom stereocenters. The lowest BCUT2D eigenvalue weighted by Crippen LogP contribution is -2.19. The smallest absolute Gasteiger partial charge is 0.259 e. The number of aromatic hydroxyl groups is 2. The predicted octanol–water partition coefficient (Wildman–Crippen LogP) is 3.21. The molecule has 0 spiro atoms. The molecular weight excluding hydrogens is 266 g/mol. The first-order chi connectivity index (χ1) is 10.1. The van der Waals surface area contributed by atoms with E-state index in [0.717, 1.165) is 34.7 Å². The highest BCUT2D eigenvalue weighted by Crippen LogP contribution is 2.38. The first-order valence-corrected chi connectivity index (χ1v) is 7.07. The number of nitrogens with zero attached hydrogens (tertiary/aromatic N) is 1. The molecule has 0 saturated heterocycles. The second-order valence-electron chi connectivity index (χ2n) is 5.79. The minimum Gasteiger partial charge on any atom is -0.508 e. The van der Waals surface area contributed by atoms with E-state index in [1.165, 1.54) is 0 Å². The average molecular weight is 281 g/mol. The Labute approximate surface area is 120 Å². The van der Waals surface area contributed by atoms with Crippen LogP contribution >= 0.6 is 0 Å². The topological polar surface area (TPSA) is 62.5 Å². The highest BCUT2D eigenvalue weighted by molar-refractivity contribution is 6.06. The Morgan fingerprint density at radius 1 is 1.05 bits per heavy atom. The summed E-state index contributed by atoms with van der Waals surface area (Å²) in [4.78, 5) is 12.8. The van der Waals surface area contributed by atoms with Crippen LogP contribution in [0.2, 0.25) is 0 Å². The average Bonchev–Trinajstić information content (AvgIpc) is 3.26. The highest BCUT2D eigenvalue weighted by Gasteiger charge is 2.27. The number of rotatable bonds is 1. The van der Waals surface area contributed by atoms with E-state index in [-0.39, 0.29) is 23.1 Å². The number of benzene rings is 2. The summed E-state index contributed by atoms with van der Waals surface area (Å²) in [6.45, 7) is 1.81. The second-order valence-corrected chi connectivity index (χ2v) is 5.79. The van der Waals surface area contributed by atoms with Gasteiger partial charge in [-0.05, 0) is 55.0 Å². The van der Waals surface area contributed by atoms with E-state index in [1.54, 1.807) is 22.8 Å². The molecule has 0 amide bonds. The molecule has 1 aliphatic carbocycles. The number of fused-ring (bicyclic) bond motifs is 3. The van der Waals surface area contributed by atoms with Crippen LogP contribution in [-0.4, -0.2) is 14.8 Å². The zero-order chi connectivity index (χ0) is 14.7. The van der Waals surface area contributed by atoms with Crippen LogP contribution in [0, 0.1) is 6.92 Å². The van der Waals surface area contributed by atoms with Crippen LogP contribution in [0.15, 0.2) is 35.1 Å². The molecule has 4 rings (SSSR count). The number of hydrogen-bond acceptors (Lipinski definition) is 3. The fraction of sp³-hybridized carbons (Fsp3) is 0.235. The van der Waals surface area contributed by atoms with E-state index in [2.05, 4.69) is 0 Å². The zero-order valence-corrected chi connectivity index (χ0v) is 11.6. The quantitative estimate of drug-likeness (QED) is 0.673. The van der Waals surface area contributed by atoms with Gasteiger partial charge in [0.25, 0.3) is 5.56 Å². The van der Waals surface area contributed by atoms with Crippen molar-refractivity contribution in [3.8, 4) is 11.5 Å². The summed E-state index contributed by atoms with van der Waals surface area (Å²) >= 11 is 0. The summed E-state index contributed by atoms with van der Waals surface area (Å²) < 4.78 is 1.76. The molecule has 2 aromatic carbocycles. The molecule has 0 radical (unpaired) electrons. The summed E-state index contributed by atoms with van der Waals surface area (Å²) in [5, 5.41) is 22.0. The Morgan fingerprint density at radius 3 is 2.52 bits per heavy atom. The lowest BCUT2D eigenvalue weighted by Gasteiger charge is -2.13. The first-order valence-electron chi connectivity index (χ1n) is 7.07. The molecule has 2 N–H and O–H groups in total. The van der Waals surface area contributed by atoms with Crippen molar-refractivity contribution in [1.29, 1.82) is 0 Å². The van der Waals surface area contributed by atoms with Crippen molar-refractivity contribution < 1.29 is 10.2 Å². The summed E-state index contributed by atoms with van der Waals surface area (Å²) in [6, 6.07) is 8.71. The summed E-state index contributed by atoms with van der Waals surface area (Å²) in [7, 11) is 0. The lowest BCUT2D eigenvalue weighted by molar-refractivity contribution is 0.471.